The van der Waals surface area contributed by atoms with Gasteiger partial charge in [-0.05, 0) is 56.9 Å². The van der Waals surface area contributed by atoms with Crippen LogP contribution in [0.4, 0.5) is 5.69 Å². The van der Waals surface area contributed by atoms with Gasteiger partial charge in [0.2, 0.25) is 15.9 Å². The van der Waals surface area contributed by atoms with E-state index in [1.54, 1.807) is 29.2 Å². The van der Waals surface area contributed by atoms with Crippen molar-refractivity contribution in [3.05, 3.63) is 24.3 Å². The quantitative estimate of drug-likeness (QED) is 0.774. The zero-order valence-electron chi connectivity index (χ0n) is 15.4. The molecule has 1 aromatic carbocycles. The highest BCUT2D eigenvalue weighted by Crippen LogP contribution is 2.23. The second kappa shape index (κ2) is 8.08. The summed E-state index contributed by atoms with van der Waals surface area (Å²) < 4.78 is 31.1. The molecule has 25 heavy (non-hydrogen) atoms. The van der Waals surface area contributed by atoms with Crippen LogP contribution >= 0.6 is 0 Å². The number of nitrogens with zero attached hydrogens (tertiary/aromatic N) is 2. The normalized spacial score (nSPS) is 18.3. The van der Waals surface area contributed by atoms with Crippen LogP contribution in [-0.4, -0.2) is 51.2 Å². The lowest BCUT2D eigenvalue weighted by atomic mass is 10.0. The van der Waals surface area contributed by atoms with Gasteiger partial charge < -0.3 is 9.64 Å². The molecule has 1 aliphatic heterocycles. The highest BCUT2D eigenvalue weighted by molar-refractivity contribution is 7.92. The predicted molar refractivity (Wildman–Crippen MR) is 99.4 cm³/mol. The van der Waals surface area contributed by atoms with Crippen molar-refractivity contribution in [1.82, 2.24) is 4.90 Å². The van der Waals surface area contributed by atoms with Gasteiger partial charge in [0.15, 0.2) is 0 Å². The van der Waals surface area contributed by atoms with Gasteiger partial charge in [-0.2, -0.15) is 0 Å². The van der Waals surface area contributed by atoms with Gasteiger partial charge in [0.1, 0.15) is 12.3 Å². The second-order valence-electron chi connectivity index (χ2n) is 7.02. The van der Waals surface area contributed by atoms with Crippen molar-refractivity contribution in [2.75, 3.05) is 30.2 Å². The summed E-state index contributed by atoms with van der Waals surface area (Å²) in [6, 6.07) is 6.79. The molecule has 1 fully saturated rings. The lowest BCUT2D eigenvalue weighted by Crippen LogP contribution is -2.46. The van der Waals surface area contributed by atoms with Crippen molar-refractivity contribution in [2.45, 2.75) is 39.7 Å². The Hall–Kier alpha value is -1.76. The first kappa shape index (κ1) is 19.6. The number of benzene rings is 1. The fourth-order valence-corrected chi connectivity index (χ4v) is 3.85. The van der Waals surface area contributed by atoms with Gasteiger partial charge in [-0.1, -0.05) is 6.92 Å². The van der Waals surface area contributed by atoms with Crippen molar-refractivity contribution in [2.24, 2.45) is 5.92 Å². The average molecular weight is 368 g/mol. The summed E-state index contributed by atoms with van der Waals surface area (Å²) in [5.41, 5.74) is 0.469. The van der Waals surface area contributed by atoms with E-state index in [0.29, 0.717) is 30.4 Å². The minimum atomic E-state index is -3.56. The third-order valence-electron chi connectivity index (χ3n) is 4.19. The number of hydrogen-bond donors (Lipinski definition) is 0. The smallest absolute Gasteiger partial charge is 0.243 e. The zero-order valence-corrected chi connectivity index (χ0v) is 16.3. The van der Waals surface area contributed by atoms with Crippen LogP contribution in [0.1, 0.15) is 33.6 Å². The number of amides is 1. The van der Waals surface area contributed by atoms with Crippen molar-refractivity contribution >= 4 is 21.6 Å². The molecule has 7 heteroatoms. The molecule has 0 spiro atoms. The molecular formula is C18H28N2O4S. The summed E-state index contributed by atoms with van der Waals surface area (Å²) >= 11 is 0. The maximum atomic E-state index is 12.6. The van der Waals surface area contributed by atoms with Gasteiger partial charge in [-0.25, -0.2) is 8.42 Å². The van der Waals surface area contributed by atoms with Crippen LogP contribution in [0.15, 0.2) is 24.3 Å². The third-order valence-corrected chi connectivity index (χ3v) is 5.33. The molecule has 1 saturated heterocycles. The largest absolute Gasteiger partial charge is 0.491 e. The van der Waals surface area contributed by atoms with Crippen LogP contribution in [-0.2, 0) is 14.8 Å². The molecule has 1 unspecified atom stereocenters. The van der Waals surface area contributed by atoms with Gasteiger partial charge >= 0.3 is 0 Å². The lowest BCUT2D eigenvalue weighted by molar-refractivity contribution is -0.131. The van der Waals surface area contributed by atoms with E-state index in [-0.39, 0.29) is 18.6 Å². The summed E-state index contributed by atoms with van der Waals surface area (Å²) in [5, 5.41) is 0. The molecule has 0 saturated carbocycles. The maximum absolute atomic E-state index is 12.6. The van der Waals surface area contributed by atoms with E-state index in [0.717, 1.165) is 23.4 Å². The van der Waals surface area contributed by atoms with Gasteiger partial charge in [-0.3, -0.25) is 9.10 Å². The average Bonchev–Trinajstić information content (AvgIpc) is 2.52. The SMILES string of the molecule is CC1CCCN(C(=O)CN(c2ccc(OC(C)C)cc2)S(C)(=O)=O)C1. The fraction of sp³-hybridized carbons (Fsp3) is 0.611. The maximum Gasteiger partial charge on any atom is 0.243 e. The summed E-state index contributed by atoms with van der Waals surface area (Å²) in [5.74, 6) is 0.972. The molecule has 1 atom stereocenters. The Morgan fingerprint density at radius 1 is 1.32 bits per heavy atom. The second-order valence-corrected chi connectivity index (χ2v) is 8.92. The van der Waals surface area contributed by atoms with Gasteiger partial charge in [0.25, 0.3) is 0 Å². The molecule has 1 amide bonds. The Labute approximate surface area is 150 Å². The number of hydrogen-bond acceptors (Lipinski definition) is 4. The summed E-state index contributed by atoms with van der Waals surface area (Å²) in [7, 11) is -3.56. The molecule has 1 aromatic rings. The first-order valence-corrected chi connectivity index (χ1v) is 10.5. The van der Waals surface area contributed by atoms with E-state index in [4.69, 9.17) is 4.74 Å². The van der Waals surface area contributed by atoms with Gasteiger partial charge in [-0.15, -0.1) is 0 Å². The van der Waals surface area contributed by atoms with Crippen molar-refractivity contribution in [1.29, 1.82) is 0 Å². The predicted octanol–water partition coefficient (Wildman–Crippen LogP) is 2.50. The third kappa shape index (κ3) is 5.63. The molecule has 1 heterocycles. The highest BCUT2D eigenvalue weighted by Gasteiger charge is 2.26. The number of likely N-dealkylation sites (tertiary alicyclic amines) is 1. The molecule has 2 rings (SSSR count). The Kier molecular flexibility index (Phi) is 6.32. The molecule has 1 aliphatic rings. The van der Waals surface area contributed by atoms with E-state index in [2.05, 4.69) is 6.92 Å². The minimum absolute atomic E-state index is 0.0412. The number of rotatable bonds is 6. The number of anilines is 1. The van der Waals surface area contributed by atoms with E-state index < -0.39 is 10.0 Å². The molecule has 0 radical (unpaired) electrons. The summed E-state index contributed by atoms with van der Waals surface area (Å²) in [6.45, 7) is 7.18. The first-order chi connectivity index (χ1) is 11.7. The number of sulfonamides is 1. The Morgan fingerprint density at radius 2 is 1.96 bits per heavy atom. The number of carbonyl (C=O) groups is 1. The first-order valence-electron chi connectivity index (χ1n) is 8.69. The molecule has 140 valence electrons. The number of piperidine rings is 1. The van der Waals surface area contributed by atoms with Crippen LogP contribution in [0, 0.1) is 5.92 Å². The minimum Gasteiger partial charge on any atom is -0.491 e. The van der Waals surface area contributed by atoms with Crippen molar-refractivity contribution in [3.63, 3.8) is 0 Å². The van der Waals surface area contributed by atoms with Crippen LogP contribution in [0.5, 0.6) is 5.75 Å². The van der Waals surface area contributed by atoms with E-state index in [1.165, 1.54) is 0 Å². The monoisotopic (exact) mass is 368 g/mol. The van der Waals surface area contributed by atoms with E-state index in [1.807, 2.05) is 13.8 Å². The van der Waals surface area contributed by atoms with E-state index in [9.17, 15) is 13.2 Å². The topological polar surface area (TPSA) is 66.9 Å². The number of ether oxygens (including phenoxy) is 1. The van der Waals surface area contributed by atoms with E-state index >= 15 is 0 Å². The summed E-state index contributed by atoms with van der Waals surface area (Å²) in [6.07, 6.45) is 3.24. The van der Waals surface area contributed by atoms with Crippen molar-refractivity contribution < 1.29 is 17.9 Å². The Balaban J connectivity index is 2.15. The van der Waals surface area contributed by atoms with Crippen LogP contribution < -0.4 is 9.04 Å². The standard InChI is InChI=1S/C18H28N2O4S/c1-14(2)24-17-9-7-16(8-10-17)20(25(4,22)23)13-18(21)19-11-5-6-15(3)12-19/h7-10,14-15H,5-6,11-13H2,1-4H3. The Bertz CT molecular complexity index is 686. The molecule has 0 N–H and O–H groups in total. The lowest BCUT2D eigenvalue weighted by Gasteiger charge is -2.33. The fourth-order valence-electron chi connectivity index (χ4n) is 3.00. The molecule has 0 aliphatic carbocycles. The summed E-state index contributed by atoms with van der Waals surface area (Å²) in [4.78, 5) is 14.3. The molecule has 0 aromatic heterocycles. The number of carbonyl (C=O) groups excluding carboxylic acids is 1. The molecular weight excluding hydrogens is 340 g/mol. The Morgan fingerprint density at radius 3 is 2.48 bits per heavy atom. The highest BCUT2D eigenvalue weighted by atomic mass is 32.2. The van der Waals surface area contributed by atoms with Crippen LogP contribution in [0.3, 0.4) is 0 Å². The molecule has 0 bridgehead atoms. The zero-order chi connectivity index (χ0) is 18.6. The van der Waals surface area contributed by atoms with Gasteiger partial charge in [0, 0.05) is 13.1 Å². The van der Waals surface area contributed by atoms with Crippen molar-refractivity contribution in [3.8, 4) is 5.75 Å². The van der Waals surface area contributed by atoms with Crippen LogP contribution in [0.25, 0.3) is 0 Å². The van der Waals surface area contributed by atoms with Gasteiger partial charge in [0.05, 0.1) is 18.0 Å². The van der Waals surface area contributed by atoms with Crippen LogP contribution in [0.2, 0.25) is 0 Å². The molecule has 6 nitrogen and oxygen atoms in total.